The fourth-order valence-electron chi connectivity index (χ4n) is 3.23. The normalized spacial score (nSPS) is 11.0. The molecule has 3 nitrogen and oxygen atoms in total. The van der Waals surface area contributed by atoms with Gasteiger partial charge in [0, 0.05) is 21.8 Å². The summed E-state index contributed by atoms with van der Waals surface area (Å²) >= 11 is 0. The number of H-pyrrole nitrogens is 1. The van der Waals surface area contributed by atoms with Gasteiger partial charge in [0.25, 0.3) is 0 Å². The molecule has 0 aliphatic carbocycles. The molecule has 1 aromatic heterocycles. The van der Waals surface area contributed by atoms with Crippen molar-refractivity contribution in [1.29, 1.82) is 0 Å². The largest absolute Gasteiger partial charge is 0.462 e. The standard InChI is InChI=1S/C21H17NO2/c1-2-24-21(23)16-9-4-3-8-14(16)15-11-7-13-19-20(15)17-10-5-6-12-18(17)22-19/h3-13,22H,2H2,1H3. The Labute approximate surface area is 139 Å². The average molecular weight is 315 g/mol. The van der Waals surface area contributed by atoms with Crippen LogP contribution in [-0.4, -0.2) is 17.6 Å². The lowest BCUT2D eigenvalue weighted by atomic mass is 9.95. The van der Waals surface area contributed by atoms with Crippen LogP contribution in [-0.2, 0) is 4.74 Å². The van der Waals surface area contributed by atoms with Gasteiger partial charge in [-0.2, -0.15) is 0 Å². The molecule has 24 heavy (non-hydrogen) atoms. The van der Waals surface area contributed by atoms with Crippen LogP contribution in [0.25, 0.3) is 32.9 Å². The summed E-state index contributed by atoms with van der Waals surface area (Å²) in [6.45, 7) is 2.19. The minimum Gasteiger partial charge on any atom is -0.462 e. The molecule has 0 saturated carbocycles. The summed E-state index contributed by atoms with van der Waals surface area (Å²) in [6.07, 6.45) is 0. The first-order valence-electron chi connectivity index (χ1n) is 8.05. The lowest BCUT2D eigenvalue weighted by Gasteiger charge is -2.10. The topological polar surface area (TPSA) is 42.1 Å². The average Bonchev–Trinajstić information content (AvgIpc) is 3.00. The van der Waals surface area contributed by atoms with Crippen LogP contribution in [0.1, 0.15) is 17.3 Å². The van der Waals surface area contributed by atoms with Crippen molar-refractivity contribution in [2.75, 3.05) is 6.61 Å². The van der Waals surface area contributed by atoms with Crippen molar-refractivity contribution < 1.29 is 9.53 Å². The molecule has 0 aliphatic rings. The Kier molecular flexibility index (Phi) is 3.54. The molecule has 1 heterocycles. The zero-order valence-corrected chi connectivity index (χ0v) is 13.4. The molecule has 3 aromatic carbocycles. The minimum atomic E-state index is -0.287. The summed E-state index contributed by atoms with van der Waals surface area (Å²) in [6, 6.07) is 22.0. The molecule has 1 N–H and O–H groups in total. The van der Waals surface area contributed by atoms with Crippen molar-refractivity contribution in [3.8, 4) is 11.1 Å². The Balaban J connectivity index is 2.03. The third-order valence-electron chi connectivity index (χ3n) is 4.24. The van der Waals surface area contributed by atoms with E-state index in [2.05, 4.69) is 29.2 Å². The lowest BCUT2D eigenvalue weighted by Crippen LogP contribution is -2.06. The highest BCUT2D eigenvalue weighted by Gasteiger charge is 2.16. The number of ether oxygens (including phenoxy) is 1. The molecule has 118 valence electrons. The highest BCUT2D eigenvalue weighted by Crippen LogP contribution is 2.36. The Morgan fingerprint density at radius 2 is 1.58 bits per heavy atom. The molecule has 0 radical (unpaired) electrons. The van der Waals surface area contributed by atoms with Gasteiger partial charge in [-0.25, -0.2) is 4.79 Å². The van der Waals surface area contributed by atoms with Crippen molar-refractivity contribution in [3.63, 3.8) is 0 Å². The number of carbonyl (C=O) groups is 1. The van der Waals surface area contributed by atoms with E-state index in [-0.39, 0.29) is 5.97 Å². The molecule has 0 aliphatic heterocycles. The molecule has 0 saturated heterocycles. The first kappa shape index (κ1) is 14.5. The number of carbonyl (C=O) groups excluding carboxylic acids is 1. The van der Waals surface area contributed by atoms with E-state index in [1.54, 1.807) is 0 Å². The van der Waals surface area contributed by atoms with Crippen LogP contribution in [0.15, 0.2) is 66.7 Å². The van der Waals surface area contributed by atoms with Gasteiger partial charge in [0.2, 0.25) is 0 Å². The number of fused-ring (bicyclic) bond motifs is 3. The fourth-order valence-corrected chi connectivity index (χ4v) is 3.23. The predicted octanol–water partition coefficient (Wildman–Crippen LogP) is 5.16. The summed E-state index contributed by atoms with van der Waals surface area (Å²) in [5.74, 6) is -0.287. The molecular formula is C21H17NO2. The maximum absolute atomic E-state index is 12.3. The number of aromatic nitrogens is 1. The van der Waals surface area contributed by atoms with E-state index in [4.69, 9.17) is 4.74 Å². The first-order valence-corrected chi connectivity index (χ1v) is 8.05. The number of hydrogen-bond donors (Lipinski definition) is 1. The molecule has 4 rings (SSSR count). The van der Waals surface area contributed by atoms with Gasteiger partial charge in [0.05, 0.1) is 12.2 Å². The van der Waals surface area contributed by atoms with Crippen molar-refractivity contribution >= 4 is 27.8 Å². The van der Waals surface area contributed by atoms with E-state index in [1.165, 1.54) is 0 Å². The zero-order valence-electron chi connectivity index (χ0n) is 13.4. The minimum absolute atomic E-state index is 0.287. The Hall–Kier alpha value is -3.07. The van der Waals surface area contributed by atoms with E-state index in [0.717, 1.165) is 32.9 Å². The maximum Gasteiger partial charge on any atom is 0.338 e. The third kappa shape index (κ3) is 2.26. The number of benzene rings is 3. The number of esters is 1. The van der Waals surface area contributed by atoms with E-state index in [0.29, 0.717) is 12.2 Å². The van der Waals surface area contributed by atoms with Crippen LogP contribution in [0.2, 0.25) is 0 Å². The number of nitrogens with one attached hydrogen (secondary N) is 1. The first-order chi connectivity index (χ1) is 11.8. The molecule has 4 aromatic rings. The van der Waals surface area contributed by atoms with Gasteiger partial charge in [0.1, 0.15) is 0 Å². The third-order valence-corrected chi connectivity index (χ3v) is 4.24. The van der Waals surface area contributed by atoms with Gasteiger partial charge in [-0.3, -0.25) is 0 Å². The number of para-hydroxylation sites is 1. The fraction of sp³-hybridized carbons (Fsp3) is 0.0952. The molecule has 0 fully saturated rings. The van der Waals surface area contributed by atoms with Gasteiger partial charge < -0.3 is 9.72 Å². The van der Waals surface area contributed by atoms with E-state index in [9.17, 15) is 4.79 Å². The van der Waals surface area contributed by atoms with Gasteiger partial charge in [0.15, 0.2) is 0 Å². The zero-order chi connectivity index (χ0) is 16.5. The van der Waals surface area contributed by atoms with Crippen LogP contribution in [0.5, 0.6) is 0 Å². The molecule has 0 amide bonds. The molecule has 3 heteroatoms. The van der Waals surface area contributed by atoms with E-state index in [1.807, 2.05) is 49.4 Å². The summed E-state index contributed by atoms with van der Waals surface area (Å²) in [5.41, 5.74) is 4.68. The van der Waals surface area contributed by atoms with Crippen molar-refractivity contribution in [2.24, 2.45) is 0 Å². The van der Waals surface area contributed by atoms with E-state index >= 15 is 0 Å². The summed E-state index contributed by atoms with van der Waals surface area (Å²) < 4.78 is 5.22. The molecular weight excluding hydrogens is 298 g/mol. The Morgan fingerprint density at radius 3 is 2.46 bits per heavy atom. The Bertz CT molecular complexity index is 1050. The van der Waals surface area contributed by atoms with Crippen LogP contribution in [0.3, 0.4) is 0 Å². The van der Waals surface area contributed by atoms with Crippen molar-refractivity contribution in [3.05, 3.63) is 72.3 Å². The van der Waals surface area contributed by atoms with Gasteiger partial charge in [-0.1, -0.05) is 48.5 Å². The van der Waals surface area contributed by atoms with Crippen LogP contribution in [0.4, 0.5) is 0 Å². The summed E-state index contributed by atoms with van der Waals surface area (Å²) in [7, 11) is 0. The van der Waals surface area contributed by atoms with Crippen LogP contribution < -0.4 is 0 Å². The maximum atomic E-state index is 12.3. The second-order valence-corrected chi connectivity index (χ2v) is 5.66. The van der Waals surface area contributed by atoms with E-state index < -0.39 is 0 Å². The predicted molar refractivity (Wildman–Crippen MR) is 97.2 cm³/mol. The van der Waals surface area contributed by atoms with Crippen LogP contribution in [0, 0.1) is 0 Å². The second kappa shape index (κ2) is 5.85. The molecule has 0 bridgehead atoms. The monoisotopic (exact) mass is 315 g/mol. The van der Waals surface area contributed by atoms with Gasteiger partial charge in [-0.05, 0) is 36.2 Å². The SMILES string of the molecule is CCOC(=O)c1ccccc1-c1cccc2[nH]c3ccccc3c12. The molecule has 0 unspecified atom stereocenters. The Morgan fingerprint density at radius 1 is 0.875 bits per heavy atom. The quantitative estimate of drug-likeness (QED) is 0.530. The highest BCUT2D eigenvalue weighted by atomic mass is 16.5. The number of hydrogen-bond acceptors (Lipinski definition) is 2. The summed E-state index contributed by atoms with van der Waals surface area (Å²) in [4.78, 5) is 15.8. The van der Waals surface area contributed by atoms with Gasteiger partial charge >= 0.3 is 5.97 Å². The number of rotatable bonds is 3. The van der Waals surface area contributed by atoms with Crippen molar-refractivity contribution in [1.82, 2.24) is 4.98 Å². The molecule has 0 spiro atoms. The van der Waals surface area contributed by atoms with Crippen LogP contribution >= 0.6 is 0 Å². The highest BCUT2D eigenvalue weighted by molar-refractivity contribution is 6.15. The smallest absolute Gasteiger partial charge is 0.338 e. The second-order valence-electron chi connectivity index (χ2n) is 5.66. The van der Waals surface area contributed by atoms with Crippen molar-refractivity contribution in [2.45, 2.75) is 6.92 Å². The lowest BCUT2D eigenvalue weighted by molar-refractivity contribution is 0.0527. The number of aromatic amines is 1. The molecule has 0 atom stereocenters. The van der Waals surface area contributed by atoms with Gasteiger partial charge in [-0.15, -0.1) is 0 Å². The summed E-state index contributed by atoms with van der Waals surface area (Å²) in [5, 5.41) is 2.28.